The Morgan fingerprint density at radius 1 is 1.06 bits per heavy atom. The van der Waals surface area contributed by atoms with E-state index in [4.69, 9.17) is 13.9 Å². The van der Waals surface area contributed by atoms with Crippen molar-refractivity contribution in [3.8, 4) is 11.5 Å². The molecule has 2 aromatic rings. The van der Waals surface area contributed by atoms with Crippen LogP contribution >= 0.6 is 0 Å². The number of benzene rings is 1. The maximum Gasteiger partial charge on any atom is 0.336 e. The molecule has 1 aromatic carbocycles. The van der Waals surface area contributed by atoms with Gasteiger partial charge in [-0.2, -0.15) is 0 Å². The minimum atomic E-state index is -0.396. The molecule has 0 aliphatic heterocycles. The Morgan fingerprint density at radius 3 is 2.47 bits per heavy atom. The minimum absolute atomic E-state index is 0.396. The van der Waals surface area contributed by atoms with Crippen molar-refractivity contribution in [2.45, 2.75) is 13.8 Å². The van der Waals surface area contributed by atoms with Gasteiger partial charge in [0.2, 0.25) is 5.75 Å². The van der Waals surface area contributed by atoms with Gasteiger partial charge in [-0.3, -0.25) is 0 Å². The van der Waals surface area contributed by atoms with Crippen molar-refractivity contribution in [2.75, 3.05) is 13.2 Å². The molecule has 17 heavy (non-hydrogen) atoms. The fourth-order valence-corrected chi connectivity index (χ4v) is 1.64. The molecular formula is C13H14O4. The molecule has 0 saturated carbocycles. The highest BCUT2D eigenvalue weighted by Gasteiger charge is 2.12. The predicted molar refractivity (Wildman–Crippen MR) is 64.8 cm³/mol. The van der Waals surface area contributed by atoms with Crippen LogP contribution < -0.4 is 15.1 Å². The lowest BCUT2D eigenvalue weighted by molar-refractivity contribution is 0.286. The monoisotopic (exact) mass is 234 g/mol. The summed E-state index contributed by atoms with van der Waals surface area (Å²) in [6.07, 6.45) is 0. The lowest BCUT2D eigenvalue weighted by Crippen LogP contribution is -2.01. The predicted octanol–water partition coefficient (Wildman–Crippen LogP) is 2.59. The summed E-state index contributed by atoms with van der Waals surface area (Å²) in [4.78, 5) is 11.2. The van der Waals surface area contributed by atoms with Gasteiger partial charge in [0.25, 0.3) is 0 Å². The van der Waals surface area contributed by atoms with Gasteiger partial charge in [-0.05, 0) is 32.0 Å². The fraction of sp³-hybridized carbons (Fsp3) is 0.308. The van der Waals surface area contributed by atoms with Crippen molar-refractivity contribution in [2.24, 2.45) is 0 Å². The first kappa shape index (κ1) is 11.5. The maximum atomic E-state index is 11.2. The van der Waals surface area contributed by atoms with E-state index in [1.807, 2.05) is 26.0 Å². The number of hydrogen-bond donors (Lipinski definition) is 0. The molecule has 0 fully saturated rings. The Bertz CT molecular complexity index is 571. The second-order valence-corrected chi connectivity index (χ2v) is 3.43. The van der Waals surface area contributed by atoms with Crippen molar-refractivity contribution in [3.63, 3.8) is 0 Å². The first-order chi connectivity index (χ1) is 8.26. The van der Waals surface area contributed by atoms with Crippen molar-refractivity contribution in [1.29, 1.82) is 0 Å². The average molecular weight is 234 g/mol. The quantitative estimate of drug-likeness (QED) is 0.763. The van der Waals surface area contributed by atoms with E-state index >= 15 is 0 Å². The molecular weight excluding hydrogens is 220 g/mol. The van der Waals surface area contributed by atoms with E-state index in [-0.39, 0.29) is 0 Å². The normalized spacial score (nSPS) is 10.5. The topological polar surface area (TPSA) is 48.7 Å². The second kappa shape index (κ2) is 4.91. The number of rotatable bonds is 4. The zero-order chi connectivity index (χ0) is 12.3. The molecule has 0 bridgehead atoms. The van der Waals surface area contributed by atoms with E-state index in [0.29, 0.717) is 30.3 Å². The van der Waals surface area contributed by atoms with Crippen molar-refractivity contribution in [3.05, 3.63) is 34.7 Å². The van der Waals surface area contributed by atoms with Crippen molar-refractivity contribution in [1.82, 2.24) is 0 Å². The van der Waals surface area contributed by atoms with Crippen LogP contribution in [0.15, 0.2) is 33.5 Å². The molecule has 0 atom stereocenters. The van der Waals surface area contributed by atoms with E-state index < -0.39 is 5.63 Å². The fourth-order valence-electron chi connectivity index (χ4n) is 1.64. The standard InChI is InChI=1S/C13H14O4/c1-3-15-10-7-5-9-6-8-11(14)17-12(9)13(10)16-4-2/h5-8H,3-4H2,1-2H3. The van der Waals surface area contributed by atoms with Gasteiger partial charge in [-0.25, -0.2) is 4.79 Å². The first-order valence-electron chi connectivity index (χ1n) is 5.58. The van der Waals surface area contributed by atoms with Crippen molar-refractivity contribution < 1.29 is 13.9 Å². The summed E-state index contributed by atoms with van der Waals surface area (Å²) in [6.45, 7) is 4.77. The molecule has 2 rings (SSSR count). The Kier molecular flexibility index (Phi) is 3.32. The molecule has 0 aliphatic rings. The zero-order valence-electron chi connectivity index (χ0n) is 9.86. The summed E-state index contributed by atoms with van der Waals surface area (Å²) in [5.74, 6) is 1.08. The van der Waals surface area contributed by atoms with Gasteiger partial charge >= 0.3 is 5.63 Å². The van der Waals surface area contributed by atoms with Crippen LogP contribution in [0.25, 0.3) is 11.0 Å². The first-order valence-corrected chi connectivity index (χ1v) is 5.58. The van der Waals surface area contributed by atoms with Crippen LogP contribution in [0.1, 0.15) is 13.8 Å². The van der Waals surface area contributed by atoms with Crippen LogP contribution in [0, 0.1) is 0 Å². The largest absolute Gasteiger partial charge is 0.490 e. The van der Waals surface area contributed by atoms with Crippen LogP contribution in [0.3, 0.4) is 0 Å². The van der Waals surface area contributed by atoms with Crippen LogP contribution in [-0.2, 0) is 0 Å². The van der Waals surface area contributed by atoms with E-state index in [1.165, 1.54) is 6.07 Å². The van der Waals surface area contributed by atoms with E-state index in [9.17, 15) is 4.79 Å². The van der Waals surface area contributed by atoms with Gasteiger partial charge in [-0.1, -0.05) is 0 Å². The summed E-state index contributed by atoms with van der Waals surface area (Å²) < 4.78 is 16.1. The molecule has 0 N–H and O–H groups in total. The van der Waals surface area contributed by atoms with E-state index in [2.05, 4.69) is 0 Å². The molecule has 0 radical (unpaired) electrons. The van der Waals surface area contributed by atoms with Gasteiger partial charge in [0.05, 0.1) is 13.2 Å². The van der Waals surface area contributed by atoms with E-state index in [0.717, 1.165) is 5.39 Å². The van der Waals surface area contributed by atoms with Crippen molar-refractivity contribution >= 4 is 11.0 Å². The molecule has 1 aromatic heterocycles. The summed E-state index contributed by atoms with van der Waals surface area (Å²) in [6, 6.07) is 6.75. The third-order valence-corrected chi connectivity index (χ3v) is 2.30. The number of hydrogen-bond acceptors (Lipinski definition) is 4. The molecule has 0 amide bonds. The van der Waals surface area contributed by atoms with Crippen LogP contribution in [0.4, 0.5) is 0 Å². The Hall–Kier alpha value is -1.97. The molecule has 0 spiro atoms. The highest BCUT2D eigenvalue weighted by molar-refractivity contribution is 5.85. The van der Waals surface area contributed by atoms with E-state index in [1.54, 1.807) is 6.07 Å². The van der Waals surface area contributed by atoms with Gasteiger partial charge in [0.1, 0.15) is 0 Å². The Labute approximate surface area is 98.8 Å². The third kappa shape index (κ3) is 2.25. The van der Waals surface area contributed by atoms with Gasteiger partial charge in [-0.15, -0.1) is 0 Å². The lowest BCUT2D eigenvalue weighted by Gasteiger charge is -2.11. The Morgan fingerprint density at radius 2 is 1.76 bits per heavy atom. The molecule has 0 saturated heterocycles. The molecule has 90 valence electrons. The van der Waals surface area contributed by atoms with Gasteiger partial charge in [0.15, 0.2) is 11.3 Å². The summed E-state index contributed by atoms with van der Waals surface area (Å²) in [5, 5.41) is 0.816. The van der Waals surface area contributed by atoms with Crippen LogP contribution in [-0.4, -0.2) is 13.2 Å². The molecule has 4 nitrogen and oxygen atoms in total. The van der Waals surface area contributed by atoms with Crippen LogP contribution in [0.2, 0.25) is 0 Å². The SMILES string of the molecule is CCOc1ccc2ccc(=O)oc2c1OCC. The number of ether oxygens (including phenoxy) is 2. The zero-order valence-corrected chi connectivity index (χ0v) is 9.86. The summed E-state index contributed by atoms with van der Waals surface area (Å²) >= 11 is 0. The summed E-state index contributed by atoms with van der Waals surface area (Å²) in [7, 11) is 0. The molecule has 4 heteroatoms. The third-order valence-electron chi connectivity index (χ3n) is 2.30. The molecule has 1 heterocycles. The van der Waals surface area contributed by atoms with Gasteiger partial charge in [0, 0.05) is 11.5 Å². The maximum absolute atomic E-state index is 11.2. The molecule has 0 aliphatic carbocycles. The molecule has 0 unspecified atom stereocenters. The van der Waals surface area contributed by atoms with Crippen LogP contribution in [0.5, 0.6) is 11.5 Å². The smallest absolute Gasteiger partial charge is 0.336 e. The second-order valence-electron chi connectivity index (χ2n) is 3.43. The summed E-state index contributed by atoms with van der Waals surface area (Å²) in [5.41, 5.74) is 0.0393. The minimum Gasteiger partial charge on any atom is -0.490 e. The lowest BCUT2D eigenvalue weighted by atomic mass is 10.2. The highest BCUT2D eigenvalue weighted by atomic mass is 16.5. The Balaban J connectivity index is 2.67. The van der Waals surface area contributed by atoms with Gasteiger partial charge < -0.3 is 13.9 Å². The average Bonchev–Trinajstić information content (AvgIpc) is 2.33. The highest BCUT2D eigenvalue weighted by Crippen LogP contribution is 2.34. The number of fused-ring (bicyclic) bond motifs is 1.